The van der Waals surface area contributed by atoms with Gasteiger partial charge in [0.05, 0.1) is 12.2 Å². The summed E-state index contributed by atoms with van der Waals surface area (Å²) >= 11 is 0. The first-order chi connectivity index (χ1) is 15.6. The second-order valence-electron chi connectivity index (χ2n) is 13.7. The second kappa shape index (κ2) is 9.96. The van der Waals surface area contributed by atoms with Crippen LogP contribution in [-0.4, -0.2) is 22.4 Å². The summed E-state index contributed by atoms with van der Waals surface area (Å²) in [5, 5.41) is 21.5. The Bertz CT molecular complexity index is 684. The van der Waals surface area contributed by atoms with Crippen molar-refractivity contribution in [3.63, 3.8) is 0 Å². The van der Waals surface area contributed by atoms with Crippen molar-refractivity contribution in [3.8, 4) is 0 Å². The average Bonchev–Trinajstić information content (AvgIpc) is 3.11. The quantitative estimate of drug-likeness (QED) is 0.385. The van der Waals surface area contributed by atoms with Gasteiger partial charge in [-0.15, -0.1) is 0 Å². The summed E-state index contributed by atoms with van der Waals surface area (Å²) in [6.45, 7) is 14.6. The molecule has 33 heavy (non-hydrogen) atoms. The molecule has 0 saturated heterocycles. The van der Waals surface area contributed by atoms with E-state index in [0.29, 0.717) is 29.6 Å². The SMILES string of the molecule is CCCC[C@@H](/C=C/[C@@H](C)[C@H]1CC[C@H]2C3CCC4C[C@@H](O)C[C@H](O)[C@]4(C)[C@H]3CC[C@]12C)C(C)C. The lowest BCUT2D eigenvalue weighted by atomic mass is 9.43. The Labute approximate surface area is 205 Å². The highest BCUT2D eigenvalue weighted by molar-refractivity contribution is 5.12. The van der Waals surface area contributed by atoms with Crippen LogP contribution in [0.2, 0.25) is 0 Å². The van der Waals surface area contributed by atoms with Crippen LogP contribution in [-0.2, 0) is 0 Å². The maximum Gasteiger partial charge on any atom is 0.0623 e. The van der Waals surface area contributed by atoms with Gasteiger partial charge in [-0.05, 0) is 116 Å². The molecule has 0 aliphatic heterocycles. The second-order valence-corrected chi connectivity index (χ2v) is 13.7. The fraction of sp³-hybridized carbons (Fsp3) is 0.935. The predicted octanol–water partition coefficient (Wildman–Crippen LogP) is 7.63. The third kappa shape index (κ3) is 4.50. The summed E-state index contributed by atoms with van der Waals surface area (Å²) in [6.07, 6.45) is 18.0. The summed E-state index contributed by atoms with van der Waals surface area (Å²) in [5.74, 6) is 5.71. The molecule has 4 saturated carbocycles. The lowest BCUT2D eigenvalue weighted by molar-refractivity contribution is -0.181. The topological polar surface area (TPSA) is 40.5 Å². The number of hydrogen-bond acceptors (Lipinski definition) is 2. The van der Waals surface area contributed by atoms with Crippen LogP contribution in [0.1, 0.15) is 112 Å². The predicted molar refractivity (Wildman–Crippen MR) is 139 cm³/mol. The van der Waals surface area contributed by atoms with Crippen molar-refractivity contribution in [2.75, 3.05) is 0 Å². The van der Waals surface area contributed by atoms with Gasteiger partial charge >= 0.3 is 0 Å². The Morgan fingerprint density at radius 3 is 2.36 bits per heavy atom. The van der Waals surface area contributed by atoms with E-state index in [4.69, 9.17) is 0 Å². The largest absolute Gasteiger partial charge is 0.393 e. The molecule has 2 N–H and O–H groups in total. The molecule has 4 fully saturated rings. The van der Waals surface area contributed by atoms with Crippen LogP contribution < -0.4 is 0 Å². The third-order valence-corrected chi connectivity index (χ3v) is 11.9. The van der Waals surface area contributed by atoms with E-state index < -0.39 is 0 Å². The van der Waals surface area contributed by atoms with Crippen molar-refractivity contribution in [2.24, 2.45) is 58.2 Å². The van der Waals surface area contributed by atoms with E-state index in [2.05, 4.69) is 53.7 Å². The smallest absolute Gasteiger partial charge is 0.0623 e. The van der Waals surface area contributed by atoms with Gasteiger partial charge in [-0.3, -0.25) is 0 Å². The summed E-state index contributed by atoms with van der Waals surface area (Å²) in [7, 11) is 0. The van der Waals surface area contributed by atoms with E-state index in [0.717, 1.165) is 36.0 Å². The minimum Gasteiger partial charge on any atom is -0.393 e. The minimum atomic E-state index is -0.321. The minimum absolute atomic E-state index is 0.0246. The monoisotopic (exact) mass is 458 g/mol. The van der Waals surface area contributed by atoms with E-state index >= 15 is 0 Å². The molecule has 4 aliphatic carbocycles. The van der Waals surface area contributed by atoms with Gasteiger partial charge in [-0.2, -0.15) is 0 Å². The summed E-state index contributed by atoms with van der Waals surface area (Å²) in [6, 6.07) is 0. The highest BCUT2D eigenvalue weighted by Crippen LogP contribution is 2.68. The van der Waals surface area contributed by atoms with Crippen LogP contribution >= 0.6 is 0 Å². The van der Waals surface area contributed by atoms with Crippen LogP contribution in [0, 0.1) is 58.2 Å². The van der Waals surface area contributed by atoms with Crippen molar-refractivity contribution in [3.05, 3.63) is 12.2 Å². The molecule has 0 amide bonds. The van der Waals surface area contributed by atoms with E-state index in [9.17, 15) is 10.2 Å². The zero-order chi connectivity index (χ0) is 24.0. The fourth-order valence-corrected chi connectivity index (χ4v) is 9.74. The van der Waals surface area contributed by atoms with Gasteiger partial charge in [-0.25, -0.2) is 0 Å². The Balaban J connectivity index is 1.48. The lowest BCUT2D eigenvalue weighted by Gasteiger charge is -2.62. The molecule has 190 valence electrons. The average molecular weight is 459 g/mol. The molecular weight excluding hydrogens is 404 g/mol. The van der Waals surface area contributed by atoms with Crippen LogP contribution in [0.25, 0.3) is 0 Å². The number of aliphatic hydroxyl groups excluding tert-OH is 2. The van der Waals surface area contributed by atoms with E-state index in [-0.39, 0.29) is 17.6 Å². The number of aliphatic hydroxyl groups is 2. The van der Waals surface area contributed by atoms with Crippen LogP contribution in [0.4, 0.5) is 0 Å². The maximum atomic E-state index is 11.2. The van der Waals surface area contributed by atoms with Crippen molar-refractivity contribution in [1.29, 1.82) is 0 Å². The molecule has 0 aromatic carbocycles. The van der Waals surface area contributed by atoms with Crippen molar-refractivity contribution >= 4 is 0 Å². The molecule has 0 radical (unpaired) electrons. The molecule has 4 aliphatic rings. The van der Waals surface area contributed by atoms with Crippen LogP contribution in [0.15, 0.2) is 12.2 Å². The van der Waals surface area contributed by atoms with E-state index in [1.165, 1.54) is 57.8 Å². The van der Waals surface area contributed by atoms with Gasteiger partial charge in [0, 0.05) is 0 Å². The first kappa shape index (κ1) is 25.7. The Morgan fingerprint density at radius 2 is 1.67 bits per heavy atom. The summed E-state index contributed by atoms with van der Waals surface area (Å²) < 4.78 is 0. The molecule has 0 aromatic heterocycles. The molecule has 2 nitrogen and oxygen atoms in total. The maximum absolute atomic E-state index is 11.2. The van der Waals surface area contributed by atoms with Crippen LogP contribution in [0.3, 0.4) is 0 Å². The van der Waals surface area contributed by atoms with Gasteiger partial charge in [0.25, 0.3) is 0 Å². The lowest BCUT2D eigenvalue weighted by Crippen LogP contribution is -2.59. The van der Waals surface area contributed by atoms with Crippen molar-refractivity contribution in [2.45, 2.75) is 124 Å². The fourth-order valence-electron chi connectivity index (χ4n) is 9.74. The number of fused-ring (bicyclic) bond motifs is 5. The number of hydrogen-bond donors (Lipinski definition) is 2. The molecular formula is C31H54O2. The van der Waals surface area contributed by atoms with Crippen molar-refractivity contribution < 1.29 is 10.2 Å². The molecule has 2 heteroatoms. The summed E-state index contributed by atoms with van der Waals surface area (Å²) in [5.41, 5.74) is 0.487. The Morgan fingerprint density at radius 1 is 0.909 bits per heavy atom. The Kier molecular flexibility index (Phi) is 7.77. The van der Waals surface area contributed by atoms with Crippen LogP contribution in [0.5, 0.6) is 0 Å². The standard InChI is InChI=1S/C31H54O2/c1-7-8-9-22(20(2)3)11-10-21(4)26-14-15-27-25-13-12-23-18-24(32)19-29(33)31(23,6)28(25)16-17-30(26,27)5/h10-11,20-29,32-33H,7-9,12-19H2,1-6H3/b11-10+/t21-,22+,23?,24-,25?,26-,27+,28+,29+,30-,31+/m1/s1. The van der Waals surface area contributed by atoms with Gasteiger partial charge in [-0.1, -0.05) is 66.5 Å². The molecule has 11 atom stereocenters. The molecule has 4 rings (SSSR count). The summed E-state index contributed by atoms with van der Waals surface area (Å²) in [4.78, 5) is 0. The van der Waals surface area contributed by atoms with E-state index in [1.807, 2.05) is 0 Å². The molecule has 2 unspecified atom stereocenters. The number of unbranched alkanes of at least 4 members (excludes halogenated alkanes) is 1. The first-order valence-corrected chi connectivity index (χ1v) is 14.7. The molecule has 0 bridgehead atoms. The van der Waals surface area contributed by atoms with Gasteiger partial charge in [0.15, 0.2) is 0 Å². The van der Waals surface area contributed by atoms with Gasteiger partial charge in [0.2, 0.25) is 0 Å². The Hall–Kier alpha value is -0.340. The van der Waals surface area contributed by atoms with Crippen molar-refractivity contribution in [1.82, 2.24) is 0 Å². The van der Waals surface area contributed by atoms with Gasteiger partial charge in [0.1, 0.15) is 0 Å². The van der Waals surface area contributed by atoms with Gasteiger partial charge < -0.3 is 10.2 Å². The molecule has 0 spiro atoms. The third-order valence-electron chi connectivity index (χ3n) is 11.9. The number of rotatable bonds is 7. The zero-order valence-electron chi connectivity index (χ0n) is 22.6. The normalized spacial score (nSPS) is 47.2. The molecule has 0 heterocycles. The zero-order valence-corrected chi connectivity index (χ0v) is 22.6. The highest BCUT2D eigenvalue weighted by atomic mass is 16.3. The highest BCUT2D eigenvalue weighted by Gasteiger charge is 2.62. The first-order valence-electron chi connectivity index (χ1n) is 14.7. The molecule has 0 aromatic rings. The number of allylic oxidation sites excluding steroid dienone is 2. The van der Waals surface area contributed by atoms with E-state index in [1.54, 1.807) is 0 Å².